The van der Waals surface area contributed by atoms with Crippen LogP contribution in [0, 0.1) is 12.8 Å². The predicted molar refractivity (Wildman–Crippen MR) is 72.4 cm³/mol. The minimum absolute atomic E-state index is 0.334. The van der Waals surface area contributed by atoms with E-state index in [1.807, 2.05) is 0 Å². The monoisotopic (exact) mass is 230 g/mol. The molecule has 0 saturated heterocycles. The van der Waals surface area contributed by atoms with E-state index in [0.717, 1.165) is 12.2 Å². The van der Waals surface area contributed by atoms with Gasteiger partial charge in [0.2, 0.25) is 0 Å². The van der Waals surface area contributed by atoms with Crippen molar-refractivity contribution >= 4 is 0 Å². The normalized spacial score (nSPS) is 24.9. The summed E-state index contributed by atoms with van der Waals surface area (Å²) in [6, 6.07) is 8.34. The molecule has 0 saturated carbocycles. The molecule has 0 unspecified atom stereocenters. The van der Waals surface area contributed by atoms with Crippen molar-refractivity contribution in [1.29, 1.82) is 0 Å². The van der Waals surface area contributed by atoms with E-state index >= 15 is 0 Å². The molecule has 1 aliphatic carbocycles. The van der Waals surface area contributed by atoms with Gasteiger partial charge in [0, 0.05) is 6.42 Å². The molecule has 0 N–H and O–H groups in total. The van der Waals surface area contributed by atoms with Gasteiger partial charge in [-0.1, -0.05) is 30.2 Å². The molecule has 1 aliphatic rings. The van der Waals surface area contributed by atoms with Crippen LogP contribution >= 0.6 is 0 Å². The quantitative estimate of drug-likeness (QED) is 0.679. The summed E-state index contributed by atoms with van der Waals surface area (Å²) in [7, 11) is 0. The number of hydrogen-bond donors (Lipinski definition) is 0. The summed E-state index contributed by atoms with van der Waals surface area (Å²) in [6.07, 6.45) is 2.57. The number of benzene rings is 1. The minimum Gasteiger partial charge on any atom is -0.490 e. The fraction of sp³-hybridized carbons (Fsp3) is 0.500. The molecule has 1 aromatic carbocycles. The van der Waals surface area contributed by atoms with Crippen molar-refractivity contribution < 1.29 is 4.74 Å². The third kappa shape index (κ3) is 2.91. The predicted octanol–water partition coefficient (Wildman–Crippen LogP) is 4.51. The van der Waals surface area contributed by atoms with Crippen LogP contribution in [0.2, 0.25) is 0 Å². The van der Waals surface area contributed by atoms with Gasteiger partial charge in [-0.25, -0.2) is 0 Å². The maximum atomic E-state index is 6.13. The lowest BCUT2D eigenvalue weighted by atomic mass is 9.84. The molecule has 0 aromatic heterocycles. The van der Waals surface area contributed by atoms with Crippen LogP contribution in [0.15, 0.2) is 35.4 Å². The van der Waals surface area contributed by atoms with Gasteiger partial charge in [0.25, 0.3) is 0 Å². The van der Waals surface area contributed by atoms with Gasteiger partial charge in [-0.3, -0.25) is 0 Å². The Bertz CT molecular complexity index is 431. The lowest BCUT2D eigenvalue weighted by Crippen LogP contribution is -2.29. The fourth-order valence-electron chi connectivity index (χ4n) is 2.49. The Morgan fingerprint density at radius 2 is 1.76 bits per heavy atom. The second-order valence-electron chi connectivity index (χ2n) is 5.42. The third-order valence-corrected chi connectivity index (χ3v) is 3.78. The highest BCUT2D eigenvalue weighted by atomic mass is 16.5. The van der Waals surface area contributed by atoms with Crippen molar-refractivity contribution in [1.82, 2.24) is 0 Å². The summed E-state index contributed by atoms with van der Waals surface area (Å²) in [6.45, 7) is 8.87. The Morgan fingerprint density at radius 1 is 1.06 bits per heavy atom. The standard InChI is InChI=1S/C16H22O/c1-11-6-5-7-15(8-11)17-16-10-13(3)12(2)9-14(16)4/h5-8,14,16H,9-10H2,1-4H3/t14-,16-/m1/s1. The highest BCUT2D eigenvalue weighted by Crippen LogP contribution is 2.32. The van der Waals surface area contributed by atoms with Crippen molar-refractivity contribution in [3.63, 3.8) is 0 Å². The Kier molecular flexibility index (Phi) is 3.56. The summed E-state index contributed by atoms with van der Waals surface area (Å²) in [5.74, 6) is 1.62. The molecular weight excluding hydrogens is 208 g/mol. The summed E-state index contributed by atoms with van der Waals surface area (Å²) in [5.41, 5.74) is 4.30. The first-order valence-corrected chi connectivity index (χ1v) is 6.45. The van der Waals surface area contributed by atoms with Gasteiger partial charge < -0.3 is 4.74 Å². The van der Waals surface area contributed by atoms with Crippen LogP contribution in [0.1, 0.15) is 39.2 Å². The second kappa shape index (κ2) is 4.95. The number of ether oxygens (including phenoxy) is 1. The van der Waals surface area contributed by atoms with Crippen LogP contribution in [-0.2, 0) is 0 Å². The average Bonchev–Trinajstić information content (AvgIpc) is 2.26. The second-order valence-corrected chi connectivity index (χ2v) is 5.42. The van der Waals surface area contributed by atoms with Crippen LogP contribution < -0.4 is 4.74 Å². The number of rotatable bonds is 2. The first-order valence-electron chi connectivity index (χ1n) is 6.45. The van der Waals surface area contributed by atoms with Crippen molar-refractivity contribution in [2.45, 2.75) is 46.6 Å². The van der Waals surface area contributed by atoms with E-state index in [2.05, 4.69) is 52.0 Å². The van der Waals surface area contributed by atoms with Gasteiger partial charge in [0.15, 0.2) is 0 Å². The van der Waals surface area contributed by atoms with E-state index in [1.165, 1.54) is 17.6 Å². The summed E-state index contributed by atoms with van der Waals surface area (Å²) >= 11 is 0. The smallest absolute Gasteiger partial charge is 0.120 e. The third-order valence-electron chi connectivity index (χ3n) is 3.78. The van der Waals surface area contributed by atoms with E-state index in [1.54, 1.807) is 5.57 Å². The van der Waals surface area contributed by atoms with E-state index in [0.29, 0.717) is 12.0 Å². The van der Waals surface area contributed by atoms with Crippen molar-refractivity contribution in [2.24, 2.45) is 5.92 Å². The Balaban J connectivity index is 2.10. The SMILES string of the molecule is CC1=C(C)C[C@@H](Oc2cccc(C)c2)[C@H](C)C1. The lowest BCUT2D eigenvalue weighted by Gasteiger charge is -2.31. The average molecular weight is 230 g/mol. The molecule has 0 amide bonds. The van der Waals surface area contributed by atoms with Gasteiger partial charge >= 0.3 is 0 Å². The van der Waals surface area contributed by atoms with Crippen molar-refractivity contribution in [3.05, 3.63) is 41.0 Å². The topological polar surface area (TPSA) is 9.23 Å². The van der Waals surface area contributed by atoms with Crippen LogP contribution in [0.3, 0.4) is 0 Å². The number of aryl methyl sites for hydroxylation is 1. The Labute approximate surface area is 104 Å². The molecular formula is C16H22O. The van der Waals surface area contributed by atoms with Crippen LogP contribution in [0.25, 0.3) is 0 Å². The molecule has 1 aromatic rings. The molecule has 92 valence electrons. The molecule has 1 nitrogen and oxygen atoms in total. The Hall–Kier alpha value is -1.24. The lowest BCUT2D eigenvalue weighted by molar-refractivity contribution is 0.134. The molecule has 0 radical (unpaired) electrons. The number of allylic oxidation sites excluding steroid dienone is 1. The van der Waals surface area contributed by atoms with Crippen LogP contribution in [0.5, 0.6) is 5.75 Å². The molecule has 0 heterocycles. The van der Waals surface area contributed by atoms with Gasteiger partial charge in [0.1, 0.15) is 11.9 Å². The highest BCUT2D eigenvalue weighted by Gasteiger charge is 2.25. The molecule has 1 heteroatoms. The van der Waals surface area contributed by atoms with E-state index < -0.39 is 0 Å². The van der Waals surface area contributed by atoms with E-state index in [9.17, 15) is 0 Å². The zero-order chi connectivity index (χ0) is 12.4. The fourth-order valence-corrected chi connectivity index (χ4v) is 2.49. The number of hydrogen-bond acceptors (Lipinski definition) is 1. The highest BCUT2D eigenvalue weighted by molar-refractivity contribution is 5.28. The zero-order valence-electron chi connectivity index (χ0n) is 11.3. The van der Waals surface area contributed by atoms with Gasteiger partial charge in [-0.05, 0) is 50.8 Å². The largest absolute Gasteiger partial charge is 0.490 e. The van der Waals surface area contributed by atoms with Crippen LogP contribution in [-0.4, -0.2) is 6.10 Å². The molecule has 17 heavy (non-hydrogen) atoms. The molecule has 0 bridgehead atoms. The summed E-state index contributed by atoms with van der Waals surface area (Å²) in [4.78, 5) is 0. The van der Waals surface area contributed by atoms with Crippen molar-refractivity contribution in [3.8, 4) is 5.75 Å². The maximum absolute atomic E-state index is 6.13. The molecule has 2 rings (SSSR count). The maximum Gasteiger partial charge on any atom is 0.120 e. The van der Waals surface area contributed by atoms with Gasteiger partial charge in [0.05, 0.1) is 0 Å². The van der Waals surface area contributed by atoms with Gasteiger partial charge in [-0.15, -0.1) is 0 Å². The molecule has 0 aliphatic heterocycles. The first-order chi connectivity index (χ1) is 8.06. The Morgan fingerprint density at radius 3 is 2.47 bits per heavy atom. The van der Waals surface area contributed by atoms with Crippen molar-refractivity contribution in [2.75, 3.05) is 0 Å². The van der Waals surface area contributed by atoms with Crippen LogP contribution in [0.4, 0.5) is 0 Å². The summed E-state index contributed by atoms with van der Waals surface area (Å²) < 4.78 is 6.13. The van der Waals surface area contributed by atoms with Gasteiger partial charge in [-0.2, -0.15) is 0 Å². The molecule has 0 fully saturated rings. The molecule has 0 spiro atoms. The van der Waals surface area contributed by atoms with E-state index in [4.69, 9.17) is 4.74 Å². The first kappa shape index (κ1) is 12.2. The summed E-state index contributed by atoms with van der Waals surface area (Å²) in [5, 5.41) is 0. The van der Waals surface area contributed by atoms with E-state index in [-0.39, 0.29) is 0 Å². The molecule has 2 atom stereocenters. The zero-order valence-corrected chi connectivity index (χ0v) is 11.3. The minimum atomic E-state index is 0.334.